The molecule has 1 aliphatic carbocycles. The van der Waals surface area contributed by atoms with Gasteiger partial charge in [0.25, 0.3) is 0 Å². The van der Waals surface area contributed by atoms with E-state index in [2.05, 4.69) is 21.5 Å². The number of anilines is 2. The average Bonchev–Trinajstić information content (AvgIpc) is 3.21. The van der Waals surface area contributed by atoms with Gasteiger partial charge in [-0.05, 0) is 49.9 Å². The maximum absolute atomic E-state index is 12.6. The zero-order valence-electron chi connectivity index (χ0n) is 18.1. The molecule has 4 rings (SSSR count). The number of hydrogen-bond acceptors (Lipinski definition) is 5. The van der Waals surface area contributed by atoms with Gasteiger partial charge in [0, 0.05) is 55.3 Å². The number of aryl methyl sites for hydroxylation is 1. The molecular formula is C24H25ClN6O. The van der Waals surface area contributed by atoms with E-state index in [1.807, 2.05) is 42.4 Å². The third-order valence-corrected chi connectivity index (χ3v) is 6.21. The highest BCUT2D eigenvalue weighted by atomic mass is 35.5. The third-order valence-electron chi connectivity index (χ3n) is 5.89. The van der Waals surface area contributed by atoms with Gasteiger partial charge >= 0.3 is 0 Å². The molecule has 32 heavy (non-hydrogen) atoms. The number of pyridine rings is 1. The summed E-state index contributed by atoms with van der Waals surface area (Å²) in [6, 6.07) is 11.9. The lowest BCUT2D eigenvalue weighted by molar-refractivity contribution is -0.117. The first kappa shape index (κ1) is 21.8. The summed E-state index contributed by atoms with van der Waals surface area (Å²) in [5, 5.41) is 17.2. The van der Waals surface area contributed by atoms with Crippen LogP contribution in [0.3, 0.4) is 0 Å². The fourth-order valence-electron chi connectivity index (χ4n) is 4.33. The molecule has 0 spiro atoms. The number of rotatable bonds is 5. The van der Waals surface area contributed by atoms with Gasteiger partial charge < -0.3 is 10.2 Å². The lowest BCUT2D eigenvalue weighted by Crippen LogP contribution is -2.43. The fourth-order valence-corrected chi connectivity index (χ4v) is 4.61. The minimum Gasteiger partial charge on any atom is -0.367 e. The van der Waals surface area contributed by atoms with Crippen molar-refractivity contribution >= 4 is 29.0 Å². The minimum atomic E-state index is 0.0142. The smallest absolute Gasteiger partial charge is 0.224 e. The number of nitrogens with one attached hydrogen (secondary N) is 1. The monoisotopic (exact) mass is 448 g/mol. The van der Waals surface area contributed by atoms with E-state index in [4.69, 9.17) is 16.9 Å². The molecule has 0 unspecified atom stereocenters. The molecule has 7 nitrogen and oxygen atoms in total. The number of nitriles is 1. The summed E-state index contributed by atoms with van der Waals surface area (Å²) >= 11 is 6.58. The number of hydrogen-bond donors (Lipinski definition) is 1. The van der Waals surface area contributed by atoms with Crippen LogP contribution >= 0.6 is 11.6 Å². The van der Waals surface area contributed by atoms with Crippen molar-refractivity contribution in [2.75, 3.05) is 10.2 Å². The second kappa shape index (κ2) is 9.41. The van der Waals surface area contributed by atoms with Crippen LogP contribution in [0, 0.1) is 11.3 Å². The molecule has 1 amide bonds. The minimum absolute atomic E-state index is 0.0142. The molecule has 1 aromatic carbocycles. The highest BCUT2D eigenvalue weighted by Gasteiger charge is 2.29. The molecule has 164 valence electrons. The van der Waals surface area contributed by atoms with Crippen LogP contribution < -0.4 is 10.2 Å². The first-order chi connectivity index (χ1) is 15.4. The molecule has 1 saturated carbocycles. The predicted molar refractivity (Wildman–Crippen MR) is 125 cm³/mol. The van der Waals surface area contributed by atoms with E-state index in [1.54, 1.807) is 30.1 Å². The molecule has 1 N–H and O–H groups in total. The van der Waals surface area contributed by atoms with E-state index in [0.717, 1.165) is 48.3 Å². The van der Waals surface area contributed by atoms with Crippen LogP contribution in [-0.4, -0.2) is 32.8 Å². The summed E-state index contributed by atoms with van der Waals surface area (Å²) in [5.74, 6) is 0.786. The van der Waals surface area contributed by atoms with Gasteiger partial charge in [0.1, 0.15) is 11.9 Å². The van der Waals surface area contributed by atoms with Crippen molar-refractivity contribution in [3.8, 4) is 17.2 Å². The Morgan fingerprint density at radius 3 is 2.56 bits per heavy atom. The Hall–Kier alpha value is -3.37. The first-order valence-electron chi connectivity index (χ1n) is 10.7. The summed E-state index contributed by atoms with van der Waals surface area (Å²) in [5.41, 5.74) is 3.21. The van der Waals surface area contributed by atoms with E-state index in [1.165, 1.54) is 0 Å². The molecule has 3 aromatic rings. The number of benzene rings is 1. The molecule has 0 saturated heterocycles. The van der Waals surface area contributed by atoms with Crippen LogP contribution in [0.1, 0.15) is 38.2 Å². The molecular weight excluding hydrogens is 424 g/mol. The molecule has 8 heteroatoms. The normalized spacial score (nSPS) is 18.1. The topological polar surface area (TPSA) is 86.8 Å². The fraction of sp³-hybridized carbons (Fsp3) is 0.333. The van der Waals surface area contributed by atoms with Crippen molar-refractivity contribution in [3.63, 3.8) is 0 Å². The van der Waals surface area contributed by atoms with E-state index in [9.17, 15) is 4.79 Å². The van der Waals surface area contributed by atoms with Gasteiger partial charge in [0.15, 0.2) is 0 Å². The SMILES string of the molecule is CC(=O)N(c1ccc(-c2cnn(C)c2)c(Cl)c1)[C@H]1CC[C@H](Nc2ccc(C#N)cn2)CC1. The van der Waals surface area contributed by atoms with Gasteiger partial charge in [0.05, 0.1) is 16.8 Å². The summed E-state index contributed by atoms with van der Waals surface area (Å²) in [6.45, 7) is 1.61. The van der Waals surface area contributed by atoms with Gasteiger partial charge in [-0.2, -0.15) is 10.4 Å². The molecule has 1 fully saturated rings. The number of aromatic nitrogens is 3. The van der Waals surface area contributed by atoms with Crippen LogP contribution in [0.15, 0.2) is 48.9 Å². The number of halogens is 1. The number of carbonyl (C=O) groups is 1. The van der Waals surface area contributed by atoms with E-state index >= 15 is 0 Å². The number of carbonyl (C=O) groups excluding carboxylic acids is 1. The van der Waals surface area contributed by atoms with Crippen LogP contribution in [0.25, 0.3) is 11.1 Å². The van der Waals surface area contributed by atoms with Crippen LogP contribution in [0.2, 0.25) is 5.02 Å². The Morgan fingerprint density at radius 2 is 2.00 bits per heavy atom. The molecule has 0 atom stereocenters. The van der Waals surface area contributed by atoms with Crippen LogP contribution in [-0.2, 0) is 11.8 Å². The zero-order valence-corrected chi connectivity index (χ0v) is 18.9. The van der Waals surface area contributed by atoms with E-state index in [-0.39, 0.29) is 18.0 Å². The van der Waals surface area contributed by atoms with Crippen LogP contribution in [0.4, 0.5) is 11.5 Å². The average molecular weight is 449 g/mol. The second-order valence-electron chi connectivity index (χ2n) is 8.15. The Kier molecular flexibility index (Phi) is 6.42. The van der Waals surface area contributed by atoms with Gasteiger partial charge in [-0.3, -0.25) is 9.48 Å². The zero-order chi connectivity index (χ0) is 22.7. The van der Waals surface area contributed by atoms with E-state index < -0.39 is 0 Å². The van der Waals surface area contributed by atoms with Crippen molar-refractivity contribution in [1.82, 2.24) is 14.8 Å². The molecule has 2 aromatic heterocycles. The Labute approximate surface area is 192 Å². The maximum atomic E-state index is 12.6. The molecule has 1 aliphatic rings. The molecule has 2 heterocycles. The Bertz CT molecular complexity index is 1140. The van der Waals surface area contributed by atoms with Crippen molar-refractivity contribution in [2.45, 2.75) is 44.7 Å². The quantitative estimate of drug-likeness (QED) is 0.606. The summed E-state index contributed by atoms with van der Waals surface area (Å²) in [7, 11) is 1.87. The molecule has 0 aliphatic heterocycles. The van der Waals surface area contributed by atoms with Crippen molar-refractivity contribution in [3.05, 3.63) is 59.5 Å². The number of amides is 1. The van der Waals surface area contributed by atoms with Gasteiger partial charge in [-0.1, -0.05) is 17.7 Å². The van der Waals surface area contributed by atoms with Crippen LogP contribution in [0.5, 0.6) is 0 Å². The summed E-state index contributed by atoms with van der Waals surface area (Å²) < 4.78 is 1.74. The van der Waals surface area contributed by atoms with Gasteiger partial charge in [-0.25, -0.2) is 4.98 Å². The van der Waals surface area contributed by atoms with Crippen molar-refractivity contribution in [2.24, 2.45) is 7.05 Å². The highest BCUT2D eigenvalue weighted by molar-refractivity contribution is 6.33. The van der Waals surface area contributed by atoms with Crippen molar-refractivity contribution in [1.29, 1.82) is 5.26 Å². The predicted octanol–water partition coefficient (Wildman–Crippen LogP) is 4.78. The second-order valence-corrected chi connectivity index (χ2v) is 8.56. The summed E-state index contributed by atoms with van der Waals surface area (Å²) in [4.78, 5) is 18.7. The third kappa shape index (κ3) is 4.76. The largest absolute Gasteiger partial charge is 0.367 e. The Balaban J connectivity index is 1.44. The van der Waals surface area contributed by atoms with Gasteiger partial charge in [-0.15, -0.1) is 0 Å². The van der Waals surface area contributed by atoms with E-state index in [0.29, 0.717) is 10.6 Å². The first-order valence-corrected chi connectivity index (χ1v) is 11.0. The lowest BCUT2D eigenvalue weighted by atomic mass is 9.89. The summed E-state index contributed by atoms with van der Waals surface area (Å²) in [6.07, 6.45) is 8.89. The lowest BCUT2D eigenvalue weighted by Gasteiger charge is -2.37. The van der Waals surface area contributed by atoms with Gasteiger partial charge in [0.2, 0.25) is 5.91 Å². The molecule has 0 bridgehead atoms. The van der Waals surface area contributed by atoms with Crippen molar-refractivity contribution < 1.29 is 4.79 Å². The molecule has 0 radical (unpaired) electrons. The maximum Gasteiger partial charge on any atom is 0.224 e. The number of nitrogens with zero attached hydrogens (tertiary/aromatic N) is 5. The standard InChI is InChI=1S/C24H25ClN6O/c1-16(32)31(21-8-9-22(23(25)11-21)18-14-28-30(2)15-18)20-6-4-19(5-7-20)29-24-10-3-17(12-26)13-27-24/h3,8-11,13-15,19-20H,4-7H2,1-2H3,(H,27,29)/t19-,20-. The Morgan fingerprint density at radius 1 is 1.22 bits per heavy atom. The highest BCUT2D eigenvalue weighted by Crippen LogP contribution is 2.34.